The predicted molar refractivity (Wildman–Crippen MR) is 52.7 cm³/mol. The maximum absolute atomic E-state index is 10.5. The summed E-state index contributed by atoms with van der Waals surface area (Å²) >= 11 is 0. The van der Waals surface area contributed by atoms with Crippen LogP contribution >= 0.6 is 0 Å². The Labute approximate surface area is 79.9 Å². The fourth-order valence-corrected chi connectivity index (χ4v) is 1.25. The molecule has 0 saturated carbocycles. The van der Waals surface area contributed by atoms with Crippen LogP contribution in [0.4, 0.5) is 5.69 Å². The summed E-state index contributed by atoms with van der Waals surface area (Å²) in [5.41, 5.74) is 1.61. The van der Waals surface area contributed by atoms with Crippen LogP contribution in [0, 0.1) is 10.1 Å². The summed E-state index contributed by atoms with van der Waals surface area (Å²) in [5, 5.41) is 18.1. The number of nitrogens with zero attached hydrogens (tertiary/aromatic N) is 3. The van der Waals surface area contributed by atoms with E-state index < -0.39 is 4.92 Å². The van der Waals surface area contributed by atoms with Crippen LogP contribution in [-0.4, -0.2) is 16.8 Å². The van der Waals surface area contributed by atoms with Crippen LogP contribution in [0.2, 0.25) is 0 Å². The molecule has 0 aliphatic carbocycles. The highest BCUT2D eigenvalue weighted by Crippen LogP contribution is 2.16. The summed E-state index contributed by atoms with van der Waals surface area (Å²) in [6, 6.07) is 6.40. The SMILES string of the molecule is O=[N+]([O-])c1cccc(C2=NN=CC2)c1. The van der Waals surface area contributed by atoms with Crippen molar-refractivity contribution in [3.63, 3.8) is 0 Å². The molecule has 0 radical (unpaired) electrons. The Balaban J connectivity index is 2.35. The maximum Gasteiger partial charge on any atom is 0.270 e. The Bertz CT molecular complexity index is 437. The first kappa shape index (κ1) is 8.55. The highest BCUT2D eigenvalue weighted by atomic mass is 16.6. The molecule has 2 rings (SSSR count). The fraction of sp³-hybridized carbons (Fsp3) is 0.111. The maximum atomic E-state index is 10.5. The van der Waals surface area contributed by atoms with Crippen molar-refractivity contribution in [2.24, 2.45) is 10.2 Å². The molecular weight excluding hydrogens is 182 g/mol. The van der Waals surface area contributed by atoms with Crippen molar-refractivity contribution in [3.8, 4) is 0 Å². The van der Waals surface area contributed by atoms with Crippen molar-refractivity contribution >= 4 is 17.6 Å². The van der Waals surface area contributed by atoms with E-state index in [1.165, 1.54) is 12.1 Å². The zero-order chi connectivity index (χ0) is 9.97. The standard InChI is InChI=1S/C9H7N3O2/c13-12(14)8-3-1-2-7(6-8)9-4-5-10-11-9/h1-3,5-6H,4H2. The fourth-order valence-electron chi connectivity index (χ4n) is 1.25. The molecule has 1 aliphatic heterocycles. The van der Waals surface area contributed by atoms with Gasteiger partial charge in [-0.3, -0.25) is 10.1 Å². The van der Waals surface area contributed by atoms with E-state index in [-0.39, 0.29) is 5.69 Å². The van der Waals surface area contributed by atoms with E-state index in [0.717, 1.165) is 11.3 Å². The molecular formula is C9H7N3O2. The molecule has 1 aliphatic rings. The Morgan fingerprint density at radius 1 is 1.43 bits per heavy atom. The molecule has 0 N–H and O–H groups in total. The molecule has 5 heteroatoms. The molecule has 0 bridgehead atoms. The van der Waals surface area contributed by atoms with E-state index in [0.29, 0.717) is 6.42 Å². The van der Waals surface area contributed by atoms with Gasteiger partial charge in [-0.15, -0.1) is 0 Å². The van der Waals surface area contributed by atoms with E-state index in [1.54, 1.807) is 18.3 Å². The number of non-ortho nitro benzene ring substituents is 1. The van der Waals surface area contributed by atoms with Crippen molar-refractivity contribution in [2.45, 2.75) is 6.42 Å². The molecule has 0 saturated heterocycles. The average molecular weight is 189 g/mol. The normalized spacial score (nSPS) is 14.1. The minimum Gasteiger partial charge on any atom is -0.258 e. The molecule has 0 unspecified atom stereocenters. The van der Waals surface area contributed by atoms with Crippen molar-refractivity contribution in [3.05, 3.63) is 39.9 Å². The van der Waals surface area contributed by atoms with Crippen LogP contribution in [0.3, 0.4) is 0 Å². The minimum atomic E-state index is -0.417. The zero-order valence-corrected chi connectivity index (χ0v) is 7.25. The Kier molecular flexibility index (Phi) is 2.06. The monoisotopic (exact) mass is 189 g/mol. The van der Waals surface area contributed by atoms with Gasteiger partial charge in [0.05, 0.1) is 10.6 Å². The lowest BCUT2D eigenvalue weighted by atomic mass is 10.1. The summed E-state index contributed by atoms with van der Waals surface area (Å²) in [6.45, 7) is 0. The van der Waals surface area contributed by atoms with Crippen LogP contribution in [0.25, 0.3) is 0 Å². The van der Waals surface area contributed by atoms with E-state index in [9.17, 15) is 10.1 Å². The molecule has 5 nitrogen and oxygen atoms in total. The first-order chi connectivity index (χ1) is 6.77. The zero-order valence-electron chi connectivity index (χ0n) is 7.25. The second-order valence-corrected chi connectivity index (χ2v) is 2.86. The third-order valence-corrected chi connectivity index (χ3v) is 1.93. The second-order valence-electron chi connectivity index (χ2n) is 2.86. The number of hydrogen-bond acceptors (Lipinski definition) is 4. The van der Waals surface area contributed by atoms with E-state index in [1.807, 2.05) is 0 Å². The summed E-state index contributed by atoms with van der Waals surface area (Å²) in [7, 11) is 0. The van der Waals surface area contributed by atoms with Crippen molar-refractivity contribution < 1.29 is 4.92 Å². The first-order valence-electron chi connectivity index (χ1n) is 4.10. The van der Waals surface area contributed by atoms with E-state index in [4.69, 9.17) is 0 Å². The third kappa shape index (κ3) is 1.52. The van der Waals surface area contributed by atoms with Gasteiger partial charge >= 0.3 is 0 Å². The van der Waals surface area contributed by atoms with Crippen LogP contribution in [0.1, 0.15) is 12.0 Å². The van der Waals surface area contributed by atoms with Crippen molar-refractivity contribution in [1.82, 2.24) is 0 Å². The lowest BCUT2D eigenvalue weighted by Gasteiger charge is -1.98. The molecule has 0 atom stereocenters. The summed E-state index contributed by atoms with van der Waals surface area (Å²) in [4.78, 5) is 10.1. The van der Waals surface area contributed by atoms with Gasteiger partial charge in [0.15, 0.2) is 0 Å². The first-order valence-corrected chi connectivity index (χ1v) is 4.10. The van der Waals surface area contributed by atoms with Gasteiger partial charge in [0, 0.05) is 30.3 Å². The largest absolute Gasteiger partial charge is 0.270 e. The molecule has 1 heterocycles. The Morgan fingerprint density at radius 3 is 2.93 bits per heavy atom. The predicted octanol–water partition coefficient (Wildman–Crippen LogP) is 1.77. The Hall–Kier alpha value is -2.04. The smallest absolute Gasteiger partial charge is 0.258 e. The van der Waals surface area contributed by atoms with Gasteiger partial charge in [0.2, 0.25) is 0 Å². The highest BCUT2D eigenvalue weighted by Gasteiger charge is 2.10. The molecule has 14 heavy (non-hydrogen) atoms. The van der Waals surface area contributed by atoms with Gasteiger partial charge < -0.3 is 0 Å². The molecule has 1 aromatic carbocycles. The molecule has 0 spiro atoms. The number of rotatable bonds is 2. The van der Waals surface area contributed by atoms with Gasteiger partial charge in [-0.1, -0.05) is 12.1 Å². The van der Waals surface area contributed by atoms with Gasteiger partial charge in [0.1, 0.15) is 0 Å². The summed E-state index contributed by atoms with van der Waals surface area (Å²) in [6.07, 6.45) is 2.31. The average Bonchev–Trinajstić information content (AvgIpc) is 2.71. The molecule has 0 aromatic heterocycles. The molecule has 0 amide bonds. The quantitative estimate of drug-likeness (QED) is 0.525. The summed E-state index contributed by atoms with van der Waals surface area (Å²) < 4.78 is 0. The molecule has 1 aromatic rings. The number of nitro groups is 1. The number of benzene rings is 1. The lowest BCUT2D eigenvalue weighted by molar-refractivity contribution is -0.384. The van der Waals surface area contributed by atoms with E-state index in [2.05, 4.69) is 10.2 Å². The van der Waals surface area contributed by atoms with Crippen molar-refractivity contribution in [1.29, 1.82) is 0 Å². The third-order valence-electron chi connectivity index (χ3n) is 1.93. The molecule has 0 fully saturated rings. The van der Waals surface area contributed by atoms with Crippen molar-refractivity contribution in [2.75, 3.05) is 0 Å². The van der Waals surface area contributed by atoms with Crippen LogP contribution < -0.4 is 0 Å². The minimum absolute atomic E-state index is 0.0806. The van der Waals surface area contributed by atoms with Gasteiger partial charge in [-0.05, 0) is 0 Å². The summed E-state index contributed by atoms with van der Waals surface area (Å²) in [5.74, 6) is 0. The second kappa shape index (κ2) is 3.37. The topological polar surface area (TPSA) is 67.9 Å². The van der Waals surface area contributed by atoms with Crippen LogP contribution in [0.5, 0.6) is 0 Å². The highest BCUT2D eigenvalue weighted by molar-refractivity contribution is 6.09. The van der Waals surface area contributed by atoms with Gasteiger partial charge in [-0.2, -0.15) is 10.2 Å². The number of nitro benzene ring substituents is 1. The Morgan fingerprint density at radius 2 is 2.29 bits per heavy atom. The lowest BCUT2D eigenvalue weighted by Crippen LogP contribution is -1.98. The van der Waals surface area contributed by atoms with Gasteiger partial charge in [-0.25, -0.2) is 0 Å². The number of hydrogen-bond donors (Lipinski definition) is 0. The van der Waals surface area contributed by atoms with Crippen LogP contribution in [-0.2, 0) is 0 Å². The van der Waals surface area contributed by atoms with Crippen LogP contribution in [0.15, 0.2) is 34.5 Å². The van der Waals surface area contributed by atoms with Gasteiger partial charge in [0.25, 0.3) is 5.69 Å². The molecule has 70 valence electrons. The van der Waals surface area contributed by atoms with E-state index >= 15 is 0 Å².